The third kappa shape index (κ3) is 4.15. The van der Waals surface area contributed by atoms with Crippen molar-refractivity contribution < 1.29 is 18.7 Å². The van der Waals surface area contributed by atoms with Crippen LogP contribution in [0.2, 0.25) is 0 Å². The molecule has 11 nitrogen and oxygen atoms in total. The number of nitrogens with zero attached hydrogens (tertiary/aromatic N) is 4. The average Bonchev–Trinajstić information content (AvgIpc) is 3.49. The van der Waals surface area contributed by atoms with E-state index in [1.165, 1.54) is 18.0 Å². The van der Waals surface area contributed by atoms with Crippen LogP contribution in [0.1, 0.15) is 33.8 Å². The number of carbonyl (C=O) groups excluding carboxylic acids is 2. The predicted molar refractivity (Wildman–Crippen MR) is 117 cm³/mol. The van der Waals surface area contributed by atoms with Crippen molar-refractivity contribution in [2.45, 2.75) is 18.9 Å². The van der Waals surface area contributed by atoms with Crippen molar-refractivity contribution in [3.05, 3.63) is 70.3 Å². The number of para-hydroxylation sites is 1. The summed E-state index contributed by atoms with van der Waals surface area (Å²) in [5.74, 6) is -0.584. The Kier molecular flexibility index (Phi) is 5.05. The zero-order valence-electron chi connectivity index (χ0n) is 17.4. The van der Waals surface area contributed by atoms with E-state index in [0.717, 1.165) is 12.8 Å². The Balaban J connectivity index is 1.32. The van der Waals surface area contributed by atoms with Crippen molar-refractivity contribution in [2.75, 3.05) is 12.4 Å². The number of ether oxygens (including phenoxy) is 1. The molecule has 166 valence electrons. The minimum Gasteiger partial charge on any atom is -0.493 e. The van der Waals surface area contributed by atoms with Crippen molar-refractivity contribution in [3.63, 3.8) is 0 Å². The molecule has 0 aliphatic heterocycles. The molecule has 1 fully saturated rings. The van der Waals surface area contributed by atoms with Gasteiger partial charge in [-0.1, -0.05) is 12.1 Å². The molecule has 1 aliphatic carbocycles. The maximum Gasteiger partial charge on any atom is 0.349 e. The van der Waals surface area contributed by atoms with Gasteiger partial charge in [0.2, 0.25) is 0 Å². The molecule has 0 bridgehead atoms. The fraction of sp³-hybridized carbons (Fsp3) is 0.182. The number of amides is 2. The number of hydrogen-bond donors (Lipinski definition) is 2. The maximum absolute atomic E-state index is 12.7. The highest BCUT2D eigenvalue weighted by atomic mass is 16.5. The van der Waals surface area contributed by atoms with Crippen LogP contribution in [-0.2, 0) is 0 Å². The molecule has 1 aliphatic rings. The Morgan fingerprint density at radius 2 is 1.91 bits per heavy atom. The van der Waals surface area contributed by atoms with Crippen molar-refractivity contribution in [3.8, 4) is 11.4 Å². The second-order valence-electron chi connectivity index (χ2n) is 7.48. The Hall–Kier alpha value is -4.54. The van der Waals surface area contributed by atoms with E-state index in [4.69, 9.17) is 9.15 Å². The first-order valence-electron chi connectivity index (χ1n) is 10.2. The van der Waals surface area contributed by atoms with Crippen molar-refractivity contribution in [1.29, 1.82) is 0 Å². The van der Waals surface area contributed by atoms with Crippen LogP contribution in [0.25, 0.3) is 16.7 Å². The molecule has 0 atom stereocenters. The molecule has 2 amide bonds. The number of aromatic nitrogens is 4. The van der Waals surface area contributed by atoms with Crippen LogP contribution in [0.15, 0.2) is 57.7 Å². The minimum atomic E-state index is -0.773. The zero-order valence-corrected chi connectivity index (χ0v) is 17.4. The Morgan fingerprint density at radius 3 is 2.64 bits per heavy atom. The van der Waals surface area contributed by atoms with E-state index in [1.807, 2.05) is 0 Å². The molecular formula is C22H18N6O5. The lowest BCUT2D eigenvalue weighted by Crippen LogP contribution is -2.26. The molecular weight excluding hydrogens is 428 g/mol. The molecule has 2 aromatic carbocycles. The summed E-state index contributed by atoms with van der Waals surface area (Å²) in [6.45, 7) is 0. The second-order valence-corrected chi connectivity index (χ2v) is 7.48. The molecule has 0 radical (unpaired) electrons. The van der Waals surface area contributed by atoms with Gasteiger partial charge in [-0.05, 0) is 54.5 Å². The van der Waals surface area contributed by atoms with Crippen LogP contribution in [0.3, 0.4) is 0 Å². The van der Waals surface area contributed by atoms with E-state index >= 15 is 0 Å². The summed E-state index contributed by atoms with van der Waals surface area (Å²) in [7, 11) is 1.47. The zero-order chi connectivity index (χ0) is 22.9. The van der Waals surface area contributed by atoms with Crippen LogP contribution in [0.5, 0.6) is 5.75 Å². The normalized spacial score (nSPS) is 13.0. The Labute approximate surface area is 186 Å². The summed E-state index contributed by atoms with van der Waals surface area (Å²) >= 11 is 0. The molecule has 4 aromatic rings. The van der Waals surface area contributed by atoms with Crippen LogP contribution in [-0.4, -0.2) is 45.2 Å². The molecule has 2 heterocycles. The van der Waals surface area contributed by atoms with Crippen molar-refractivity contribution in [2.24, 2.45) is 0 Å². The quantitative estimate of drug-likeness (QED) is 0.428. The first kappa shape index (κ1) is 20.4. The standard InChI is InChI=1S/C22H18N6O5/c1-32-17-4-2-3-12-11-16(22(31)33-18(12)17)20(29)23-14-7-9-15(10-8-14)28-26-19(25-27-28)21(30)24-13-5-6-13/h2-4,7-11,13H,5-6H2,1H3,(H,23,29)(H,24,30). The van der Waals surface area contributed by atoms with E-state index in [9.17, 15) is 14.4 Å². The number of nitrogens with one attached hydrogen (secondary N) is 2. The second kappa shape index (κ2) is 8.19. The van der Waals surface area contributed by atoms with Gasteiger partial charge in [-0.3, -0.25) is 9.59 Å². The summed E-state index contributed by atoms with van der Waals surface area (Å²) in [4.78, 5) is 38.3. The van der Waals surface area contributed by atoms with Gasteiger partial charge in [0.25, 0.3) is 17.6 Å². The highest BCUT2D eigenvalue weighted by Gasteiger charge is 2.26. The van der Waals surface area contributed by atoms with E-state index in [-0.39, 0.29) is 28.9 Å². The van der Waals surface area contributed by atoms with Gasteiger partial charge in [0.15, 0.2) is 11.3 Å². The number of tetrazole rings is 1. The molecule has 0 unspecified atom stereocenters. The summed E-state index contributed by atoms with van der Waals surface area (Å²) in [5.41, 5.74) is 0.356. The fourth-order valence-corrected chi connectivity index (χ4v) is 3.21. The van der Waals surface area contributed by atoms with Crippen LogP contribution >= 0.6 is 0 Å². The number of benzene rings is 2. The first-order chi connectivity index (χ1) is 16.0. The average molecular weight is 446 g/mol. The molecule has 2 N–H and O–H groups in total. The Morgan fingerprint density at radius 1 is 1.12 bits per heavy atom. The molecule has 1 saturated carbocycles. The largest absolute Gasteiger partial charge is 0.493 e. The van der Waals surface area contributed by atoms with E-state index in [2.05, 4.69) is 26.0 Å². The van der Waals surface area contributed by atoms with E-state index in [1.54, 1.807) is 42.5 Å². The minimum absolute atomic E-state index is 0.0149. The highest BCUT2D eigenvalue weighted by Crippen LogP contribution is 2.24. The molecule has 0 saturated heterocycles. The van der Waals surface area contributed by atoms with Gasteiger partial charge < -0.3 is 19.8 Å². The third-order valence-electron chi connectivity index (χ3n) is 5.07. The number of methoxy groups -OCH3 is 1. The van der Waals surface area contributed by atoms with Crippen molar-refractivity contribution >= 4 is 28.5 Å². The predicted octanol–water partition coefficient (Wildman–Crippen LogP) is 1.92. The number of anilines is 1. The summed E-state index contributed by atoms with van der Waals surface area (Å²) in [6.07, 6.45) is 1.92. The maximum atomic E-state index is 12.7. The number of hydrogen-bond acceptors (Lipinski definition) is 8. The van der Waals surface area contributed by atoms with Gasteiger partial charge in [0, 0.05) is 17.1 Å². The topological polar surface area (TPSA) is 141 Å². The Bertz CT molecular complexity index is 1420. The smallest absolute Gasteiger partial charge is 0.349 e. The third-order valence-corrected chi connectivity index (χ3v) is 5.07. The number of rotatable bonds is 6. The molecule has 33 heavy (non-hydrogen) atoms. The van der Waals surface area contributed by atoms with Crippen molar-refractivity contribution in [1.82, 2.24) is 25.5 Å². The van der Waals surface area contributed by atoms with Crippen LogP contribution < -0.4 is 21.0 Å². The highest BCUT2D eigenvalue weighted by molar-refractivity contribution is 6.05. The van der Waals surface area contributed by atoms with Gasteiger partial charge in [-0.2, -0.15) is 0 Å². The lowest BCUT2D eigenvalue weighted by molar-refractivity contribution is 0.0939. The summed E-state index contributed by atoms with van der Waals surface area (Å²) in [6, 6.07) is 13.3. The van der Waals surface area contributed by atoms with Crippen LogP contribution in [0, 0.1) is 0 Å². The molecule has 5 rings (SSSR count). The van der Waals surface area contributed by atoms with Crippen LogP contribution in [0.4, 0.5) is 5.69 Å². The van der Waals surface area contributed by atoms with E-state index in [0.29, 0.717) is 22.5 Å². The van der Waals surface area contributed by atoms with E-state index < -0.39 is 11.5 Å². The lowest BCUT2D eigenvalue weighted by atomic mass is 10.1. The molecule has 2 aromatic heterocycles. The van der Waals surface area contributed by atoms with Gasteiger partial charge in [0.1, 0.15) is 5.56 Å². The lowest BCUT2D eigenvalue weighted by Gasteiger charge is -2.07. The SMILES string of the molecule is COc1cccc2cc(C(=O)Nc3ccc(-n4nnc(C(=O)NC5CC5)n4)cc3)c(=O)oc12. The summed E-state index contributed by atoms with van der Waals surface area (Å²) < 4.78 is 10.5. The first-order valence-corrected chi connectivity index (χ1v) is 10.2. The van der Waals surface area contributed by atoms with Gasteiger partial charge >= 0.3 is 5.63 Å². The van der Waals surface area contributed by atoms with Gasteiger partial charge in [0.05, 0.1) is 12.8 Å². The van der Waals surface area contributed by atoms with Gasteiger partial charge in [-0.15, -0.1) is 15.0 Å². The number of fused-ring (bicyclic) bond motifs is 1. The fourth-order valence-electron chi connectivity index (χ4n) is 3.21. The van der Waals surface area contributed by atoms with Gasteiger partial charge in [-0.25, -0.2) is 4.79 Å². The monoisotopic (exact) mass is 446 g/mol. The summed E-state index contributed by atoms with van der Waals surface area (Å²) in [5, 5.41) is 17.8. The molecule has 0 spiro atoms. The molecule has 11 heteroatoms. The number of carbonyl (C=O) groups is 2.